The van der Waals surface area contributed by atoms with Crippen LogP contribution in [-0.4, -0.2) is 16.7 Å². The second kappa shape index (κ2) is 4.98. The van der Waals surface area contributed by atoms with Gasteiger partial charge in [-0.2, -0.15) is 0 Å². The summed E-state index contributed by atoms with van der Waals surface area (Å²) in [5.41, 5.74) is 0.353. The third-order valence-corrected chi connectivity index (χ3v) is 4.02. The fourth-order valence-corrected chi connectivity index (χ4v) is 2.98. The van der Waals surface area contributed by atoms with Gasteiger partial charge >= 0.3 is 0 Å². The number of aromatic hydroxyl groups is 1. The molecule has 0 atom stereocenters. The van der Waals surface area contributed by atoms with E-state index >= 15 is 0 Å². The van der Waals surface area contributed by atoms with E-state index in [9.17, 15) is 14.7 Å². The molecule has 0 saturated heterocycles. The molecule has 0 aliphatic heterocycles. The maximum atomic E-state index is 12.4. The van der Waals surface area contributed by atoms with Crippen molar-refractivity contribution in [1.82, 2.24) is 0 Å². The van der Waals surface area contributed by atoms with Crippen molar-refractivity contribution in [2.45, 2.75) is 4.90 Å². The van der Waals surface area contributed by atoms with Crippen LogP contribution in [0.2, 0.25) is 0 Å². The van der Waals surface area contributed by atoms with Crippen LogP contribution >= 0.6 is 11.8 Å². The van der Waals surface area contributed by atoms with Crippen LogP contribution in [0.15, 0.2) is 64.4 Å². The number of fused-ring (bicyclic) bond motifs is 1. The number of thioether (sulfide) groups is 1. The van der Waals surface area contributed by atoms with E-state index in [-0.39, 0.29) is 28.4 Å². The maximum Gasteiger partial charge on any atom is 0.200 e. The maximum absolute atomic E-state index is 12.4. The van der Waals surface area contributed by atoms with E-state index in [1.54, 1.807) is 12.1 Å². The van der Waals surface area contributed by atoms with Crippen LogP contribution in [0.1, 0.15) is 20.7 Å². The summed E-state index contributed by atoms with van der Waals surface area (Å²) >= 11 is 1.25. The van der Waals surface area contributed by atoms with Crippen LogP contribution in [0.5, 0.6) is 5.75 Å². The molecular formula is C16H10O3S. The van der Waals surface area contributed by atoms with Crippen LogP contribution in [0, 0.1) is 0 Å². The Hall–Kier alpha value is -2.33. The lowest BCUT2D eigenvalue weighted by atomic mass is 9.94. The summed E-state index contributed by atoms with van der Waals surface area (Å²) < 4.78 is 0. The Labute approximate surface area is 119 Å². The molecule has 0 spiro atoms. The Morgan fingerprint density at radius 2 is 1.65 bits per heavy atom. The van der Waals surface area contributed by atoms with E-state index in [2.05, 4.69) is 0 Å². The largest absolute Gasteiger partial charge is 0.507 e. The Morgan fingerprint density at radius 1 is 0.900 bits per heavy atom. The van der Waals surface area contributed by atoms with E-state index in [1.165, 1.54) is 23.9 Å². The van der Waals surface area contributed by atoms with Crippen LogP contribution in [-0.2, 0) is 0 Å². The van der Waals surface area contributed by atoms with E-state index in [4.69, 9.17) is 0 Å². The lowest BCUT2D eigenvalue weighted by Gasteiger charge is -2.15. The standard InChI is InChI=1S/C16H10O3S/c17-12-8-4-7-11-15(12)13(18)9-14(16(11)19)20-10-5-2-1-3-6-10/h1-9,17H. The Kier molecular flexibility index (Phi) is 3.16. The first-order chi connectivity index (χ1) is 9.66. The minimum Gasteiger partial charge on any atom is -0.507 e. The normalized spacial score (nSPS) is 13.9. The first kappa shape index (κ1) is 12.7. The number of phenolic OH excluding ortho intramolecular Hbond substituents is 1. The predicted molar refractivity (Wildman–Crippen MR) is 77.1 cm³/mol. The molecule has 4 heteroatoms. The van der Waals surface area contributed by atoms with Crippen molar-refractivity contribution >= 4 is 23.3 Å². The molecule has 2 aromatic carbocycles. The van der Waals surface area contributed by atoms with Gasteiger partial charge in [-0.05, 0) is 24.3 Å². The highest BCUT2D eigenvalue weighted by Crippen LogP contribution is 2.35. The fourth-order valence-electron chi connectivity index (χ4n) is 2.07. The average Bonchev–Trinajstić information content (AvgIpc) is 2.45. The van der Waals surface area contributed by atoms with Gasteiger partial charge in [0.25, 0.3) is 0 Å². The van der Waals surface area contributed by atoms with Gasteiger partial charge in [0.2, 0.25) is 5.78 Å². The fraction of sp³-hybridized carbons (Fsp3) is 0. The van der Waals surface area contributed by atoms with Gasteiger partial charge in [0.05, 0.1) is 10.5 Å². The molecule has 1 aliphatic rings. The number of hydrogen-bond acceptors (Lipinski definition) is 4. The van der Waals surface area contributed by atoms with Crippen molar-refractivity contribution in [2.24, 2.45) is 0 Å². The molecule has 3 rings (SSSR count). The van der Waals surface area contributed by atoms with Gasteiger partial charge in [-0.3, -0.25) is 9.59 Å². The van der Waals surface area contributed by atoms with E-state index < -0.39 is 0 Å². The number of Topliss-reactive ketones (excluding diaryl/α,β-unsaturated/α-hetero) is 1. The molecule has 1 N–H and O–H groups in total. The minimum absolute atomic E-state index is 0.0925. The predicted octanol–water partition coefficient (Wildman–Crippen LogP) is 3.45. The third-order valence-electron chi connectivity index (χ3n) is 2.99. The molecule has 0 saturated carbocycles. The average molecular weight is 282 g/mol. The van der Waals surface area contributed by atoms with Crippen LogP contribution in [0.3, 0.4) is 0 Å². The number of ketones is 2. The SMILES string of the molecule is O=C1C(Sc2ccccc2)=CC(=O)c2c(O)cccc21. The highest BCUT2D eigenvalue weighted by molar-refractivity contribution is 8.04. The summed E-state index contributed by atoms with van der Waals surface area (Å²) in [6, 6.07) is 13.9. The molecular weight excluding hydrogens is 272 g/mol. The van der Waals surface area contributed by atoms with Gasteiger partial charge in [-0.1, -0.05) is 36.0 Å². The van der Waals surface area contributed by atoms with Crippen molar-refractivity contribution in [1.29, 1.82) is 0 Å². The van der Waals surface area contributed by atoms with Crippen molar-refractivity contribution in [3.05, 3.63) is 70.6 Å². The van der Waals surface area contributed by atoms with Gasteiger partial charge < -0.3 is 5.11 Å². The number of carbonyl (C=O) groups is 2. The zero-order chi connectivity index (χ0) is 14.1. The third kappa shape index (κ3) is 2.14. The zero-order valence-corrected chi connectivity index (χ0v) is 11.2. The summed E-state index contributed by atoms with van der Waals surface area (Å²) in [7, 11) is 0. The summed E-state index contributed by atoms with van der Waals surface area (Å²) in [6.45, 7) is 0. The van der Waals surface area contributed by atoms with Gasteiger partial charge in [0.15, 0.2) is 5.78 Å². The van der Waals surface area contributed by atoms with Crippen LogP contribution in [0.4, 0.5) is 0 Å². The molecule has 98 valence electrons. The Balaban J connectivity index is 2.01. The van der Waals surface area contributed by atoms with Gasteiger partial charge in [-0.15, -0.1) is 0 Å². The molecule has 1 aliphatic carbocycles. The number of hydrogen-bond donors (Lipinski definition) is 1. The summed E-state index contributed by atoms with van der Waals surface area (Å²) in [5, 5.41) is 9.71. The lowest BCUT2D eigenvalue weighted by Crippen LogP contribution is -2.15. The van der Waals surface area contributed by atoms with Gasteiger partial charge in [-0.25, -0.2) is 0 Å². The zero-order valence-electron chi connectivity index (χ0n) is 10.4. The molecule has 0 heterocycles. The number of phenols is 1. The van der Waals surface area contributed by atoms with Crippen molar-refractivity contribution in [3.8, 4) is 5.75 Å². The van der Waals surface area contributed by atoms with Crippen LogP contribution in [0.25, 0.3) is 0 Å². The summed E-state index contributed by atoms with van der Waals surface area (Å²) in [4.78, 5) is 25.7. The molecule has 3 nitrogen and oxygen atoms in total. The number of rotatable bonds is 2. The highest BCUT2D eigenvalue weighted by Gasteiger charge is 2.28. The minimum atomic E-state index is -0.337. The molecule has 0 bridgehead atoms. The summed E-state index contributed by atoms with van der Waals surface area (Å²) in [6.07, 6.45) is 1.29. The number of benzene rings is 2. The molecule has 0 radical (unpaired) electrons. The molecule has 0 fully saturated rings. The van der Waals surface area contributed by atoms with Gasteiger partial charge in [0.1, 0.15) is 5.75 Å². The van der Waals surface area contributed by atoms with E-state index in [0.29, 0.717) is 4.91 Å². The van der Waals surface area contributed by atoms with Gasteiger partial charge in [0, 0.05) is 16.5 Å². The number of carbonyl (C=O) groups excluding carboxylic acids is 2. The summed E-state index contributed by atoms with van der Waals surface area (Å²) in [5.74, 6) is -0.721. The first-order valence-corrected chi connectivity index (χ1v) is 6.84. The molecule has 0 aromatic heterocycles. The van der Waals surface area contributed by atoms with Crippen molar-refractivity contribution in [3.63, 3.8) is 0 Å². The van der Waals surface area contributed by atoms with E-state index in [1.807, 2.05) is 30.3 Å². The number of allylic oxidation sites excluding steroid dienone is 2. The lowest BCUT2D eigenvalue weighted by molar-refractivity contribution is 0.0989. The smallest absolute Gasteiger partial charge is 0.200 e. The monoisotopic (exact) mass is 282 g/mol. The highest BCUT2D eigenvalue weighted by atomic mass is 32.2. The first-order valence-electron chi connectivity index (χ1n) is 6.02. The molecule has 20 heavy (non-hydrogen) atoms. The second-order valence-corrected chi connectivity index (χ2v) is 5.43. The van der Waals surface area contributed by atoms with Crippen LogP contribution < -0.4 is 0 Å². The van der Waals surface area contributed by atoms with E-state index in [0.717, 1.165) is 4.90 Å². The quantitative estimate of drug-likeness (QED) is 0.916. The molecule has 0 amide bonds. The topological polar surface area (TPSA) is 54.4 Å². The molecule has 0 unspecified atom stereocenters. The Morgan fingerprint density at radius 3 is 2.40 bits per heavy atom. The molecule has 2 aromatic rings. The Bertz CT molecular complexity index is 733. The van der Waals surface area contributed by atoms with Crippen molar-refractivity contribution < 1.29 is 14.7 Å². The van der Waals surface area contributed by atoms with Crippen molar-refractivity contribution in [2.75, 3.05) is 0 Å². The second-order valence-electron chi connectivity index (χ2n) is 4.32.